The molecular weight excluding hydrogens is 443 g/mol. The van der Waals surface area contributed by atoms with E-state index in [1.54, 1.807) is 63.2 Å². The molecule has 0 aromatic heterocycles. The van der Waals surface area contributed by atoms with Gasteiger partial charge in [-0.1, -0.05) is 45.0 Å². The molecule has 0 atom stereocenters. The SMILES string of the molecule is CC(C)(C)C(=O)Nc1ccc(OCc2cccc(CC(=O)O)c2)c(CSCC(F)(F)F)c1. The third kappa shape index (κ3) is 8.82. The molecule has 0 aliphatic carbocycles. The van der Waals surface area contributed by atoms with Crippen molar-refractivity contribution in [3.8, 4) is 5.75 Å². The Kier molecular flexibility index (Phi) is 8.60. The molecule has 2 rings (SSSR count). The lowest BCUT2D eigenvalue weighted by molar-refractivity contribution is -0.136. The third-order valence-corrected chi connectivity index (χ3v) is 5.31. The van der Waals surface area contributed by atoms with Gasteiger partial charge in [0.25, 0.3) is 0 Å². The number of thioether (sulfide) groups is 1. The summed E-state index contributed by atoms with van der Waals surface area (Å²) in [6.07, 6.45) is -4.40. The highest BCUT2D eigenvalue weighted by Crippen LogP contribution is 2.31. The fraction of sp³-hybridized carbons (Fsp3) is 0.391. The van der Waals surface area contributed by atoms with Gasteiger partial charge in [-0.3, -0.25) is 9.59 Å². The molecular formula is C23H26F3NO4S. The number of aliphatic carboxylic acids is 1. The lowest BCUT2D eigenvalue weighted by atomic mass is 9.95. The van der Waals surface area contributed by atoms with Crippen LogP contribution in [-0.2, 0) is 28.4 Å². The molecule has 2 aromatic carbocycles. The molecule has 0 fully saturated rings. The number of rotatable bonds is 9. The van der Waals surface area contributed by atoms with Crippen molar-refractivity contribution in [1.82, 2.24) is 0 Å². The summed E-state index contributed by atoms with van der Waals surface area (Å²) in [6, 6.07) is 11.8. The molecule has 0 saturated carbocycles. The van der Waals surface area contributed by atoms with Crippen molar-refractivity contribution in [2.45, 2.75) is 45.7 Å². The van der Waals surface area contributed by atoms with Gasteiger partial charge < -0.3 is 15.2 Å². The number of carbonyl (C=O) groups is 2. The largest absolute Gasteiger partial charge is 0.489 e. The van der Waals surface area contributed by atoms with E-state index < -0.39 is 23.3 Å². The van der Waals surface area contributed by atoms with Crippen molar-refractivity contribution < 1.29 is 32.6 Å². The lowest BCUT2D eigenvalue weighted by Crippen LogP contribution is -2.27. The van der Waals surface area contributed by atoms with Crippen LogP contribution in [-0.4, -0.2) is 28.9 Å². The van der Waals surface area contributed by atoms with Gasteiger partial charge in [0.1, 0.15) is 12.4 Å². The molecule has 2 N–H and O–H groups in total. The van der Waals surface area contributed by atoms with E-state index in [9.17, 15) is 22.8 Å². The smallest absolute Gasteiger partial charge is 0.397 e. The topological polar surface area (TPSA) is 75.6 Å². The van der Waals surface area contributed by atoms with Crippen LogP contribution in [0.5, 0.6) is 5.75 Å². The van der Waals surface area contributed by atoms with Gasteiger partial charge in [0.05, 0.1) is 12.2 Å². The molecule has 32 heavy (non-hydrogen) atoms. The zero-order chi connectivity index (χ0) is 23.9. The summed E-state index contributed by atoms with van der Waals surface area (Å²) in [6.45, 7) is 5.41. The molecule has 0 saturated heterocycles. The van der Waals surface area contributed by atoms with Crippen LogP contribution in [0.1, 0.15) is 37.5 Å². The summed E-state index contributed by atoms with van der Waals surface area (Å²) < 4.78 is 43.6. The van der Waals surface area contributed by atoms with E-state index in [0.29, 0.717) is 34.3 Å². The molecule has 0 aliphatic heterocycles. The van der Waals surface area contributed by atoms with Crippen molar-refractivity contribution in [1.29, 1.82) is 0 Å². The number of benzene rings is 2. The summed E-state index contributed by atoms with van der Waals surface area (Å²) in [5.41, 5.74) is 1.74. The number of carboxylic acid groups (broad SMARTS) is 1. The molecule has 9 heteroatoms. The Morgan fingerprint density at radius 1 is 1.06 bits per heavy atom. The number of hydrogen-bond donors (Lipinski definition) is 2. The van der Waals surface area contributed by atoms with Crippen LogP contribution in [0.2, 0.25) is 0 Å². The van der Waals surface area contributed by atoms with Crippen molar-refractivity contribution in [2.75, 3.05) is 11.1 Å². The van der Waals surface area contributed by atoms with Gasteiger partial charge in [0.2, 0.25) is 5.91 Å². The van der Waals surface area contributed by atoms with Gasteiger partial charge in [0.15, 0.2) is 0 Å². The second kappa shape index (κ2) is 10.8. The Morgan fingerprint density at radius 2 is 1.75 bits per heavy atom. The number of ether oxygens (including phenoxy) is 1. The maximum atomic E-state index is 12.6. The maximum absolute atomic E-state index is 12.6. The first-order valence-corrected chi connectivity index (χ1v) is 11.0. The summed E-state index contributed by atoms with van der Waals surface area (Å²) in [4.78, 5) is 23.2. The predicted molar refractivity (Wildman–Crippen MR) is 119 cm³/mol. The maximum Gasteiger partial charge on any atom is 0.397 e. The monoisotopic (exact) mass is 469 g/mol. The van der Waals surface area contributed by atoms with Crippen LogP contribution in [0.4, 0.5) is 18.9 Å². The number of halogens is 3. The van der Waals surface area contributed by atoms with Crippen molar-refractivity contribution in [3.05, 3.63) is 59.2 Å². The summed E-state index contributed by atoms with van der Waals surface area (Å²) in [5, 5.41) is 11.7. The van der Waals surface area contributed by atoms with Crippen molar-refractivity contribution >= 4 is 29.3 Å². The van der Waals surface area contributed by atoms with E-state index in [1.807, 2.05) is 0 Å². The molecule has 0 aliphatic rings. The number of carboxylic acids is 1. The lowest BCUT2D eigenvalue weighted by Gasteiger charge is -2.19. The number of alkyl halides is 3. The van der Waals surface area contributed by atoms with E-state index in [4.69, 9.17) is 9.84 Å². The van der Waals surface area contributed by atoms with E-state index in [1.165, 1.54) is 0 Å². The number of nitrogens with one attached hydrogen (secondary N) is 1. The van der Waals surface area contributed by atoms with E-state index in [-0.39, 0.29) is 24.7 Å². The second-order valence-electron chi connectivity index (χ2n) is 8.31. The number of carbonyl (C=O) groups excluding carboxylic acids is 1. The van der Waals surface area contributed by atoms with Gasteiger partial charge >= 0.3 is 12.1 Å². The minimum absolute atomic E-state index is 0.0487. The molecule has 174 valence electrons. The standard InChI is InChI=1S/C23H26F3NO4S/c1-22(2,3)21(30)27-18-7-8-19(17(11-18)13-32-14-23(24,25)26)31-12-16-6-4-5-15(9-16)10-20(28)29/h4-9,11H,10,12-14H2,1-3H3,(H,27,30)(H,28,29). The highest BCUT2D eigenvalue weighted by molar-refractivity contribution is 7.98. The van der Waals surface area contributed by atoms with Crippen LogP contribution in [0.3, 0.4) is 0 Å². The Labute approximate surface area is 189 Å². The number of hydrogen-bond acceptors (Lipinski definition) is 4. The van der Waals surface area contributed by atoms with Crippen LogP contribution in [0.15, 0.2) is 42.5 Å². The molecule has 0 radical (unpaired) electrons. The zero-order valence-electron chi connectivity index (χ0n) is 18.1. The Hall–Kier alpha value is -2.68. The van der Waals surface area contributed by atoms with Crippen molar-refractivity contribution in [2.24, 2.45) is 5.41 Å². The average Bonchev–Trinajstić information content (AvgIpc) is 2.65. The highest BCUT2D eigenvalue weighted by atomic mass is 32.2. The first kappa shape index (κ1) is 25.6. The Balaban J connectivity index is 2.18. The van der Waals surface area contributed by atoms with Crippen molar-refractivity contribution in [3.63, 3.8) is 0 Å². The minimum Gasteiger partial charge on any atom is -0.489 e. The summed E-state index contributed by atoms with van der Waals surface area (Å²) in [7, 11) is 0. The number of amides is 1. The molecule has 0 bridgehead atoms. The van der Waals surface area contributed by atoms with Gasteiger partial charge in [-0.05, 0) is 29.3 Å². The molecule has 0 spiro atoms. The molecule has 0 heterocycles. The molecule has 1 amide bonds. The van der Waals surface area contributed by atoms with Gasteiger partial charge in [-0.15, -0.1) is 11.8 Å². The van der Waals surface area contributed by atoms with Gasteiger partial charge in [-0.2, -0.15) is 13.2 Å². The fourth-order valence-electron chi connectivity index (χ4n) is 2.67. The summed E-state index contributed by atoms with van der Waals surface area (Å²) in [5.74, 6) is -1.71. The normalized spacial score (nSPS) is 11.8. The Bertz CT molecular complexity index is 955. The van der Waals surface area contributed by atoms with Gasteiger partial charge in [-0.25, -0.2) is 0 Å². The average molecular weight is 470 g/mol. The third-order valence-electron chi connectivity index (χ3n) is 4.26. The summed E-state index contributed by atoms with van der Waals surface area (Å²) >= 11 is 0.709. The quantitative estimate of drug-likeness (QED) is 0.495. The van der Waals surface area contributed by atoms with E-state index in [0.717, 1.165) is 5.56 Å². The Morgan fingerprint density at radius 3 is 2.38 bits per heavy atom. The van der Waals surface area contributed by atoms with E-state index in [2.05, 4.69) is 5.32 Å². The van der Waals surface area contributed by atoms with Crippen LogP contribution in [0, 0.1) is 5.41 Å². The molecule has 5 nitrogen and oxygen atoms in total. The first-order chi connectivity index (χ1) is 14.8. The van der Waals surface area contributed by atoms with Crippen LogP contribution < -0.4 is 10.1 Å². The highest BCUT2D eigenvalue weighted by Gasteiger charge is 2.27. The zero-order valence-corrected chi connectivity index (χ0v) is 18.9. The van der Waals surface area contributed by atoms with E-state index >= 15 is 0 Å². The predicted octanol–water partition coefficient (Wildman–Crippen LogP) is 5.67. The number of anilines is 1. The molecule has 2 aromatic rings. The second-order valence-corrected chi connectivity index (χ2v) is 9.30. The molecule has 0 unspecified atom stereocenters. The van der Waals surface area contributed by atoms with Crippen LogP contribution >= 0.6 is 11.8 Å². The first-order valence-electron chi connectivity index (χ1n) is 9.85. The van der Waals surface area contributed by atoms with Crippen LogP contribution in [0.25, 0.3) is 0 Å². The minimum atomic E-state index is -4.28. The van der Waals surface area contributed by atoms with Gasteiger partial charge in [0, 0.05) is 22.4 Å². The fourth-order valence-corrected chi connectivity index (χ4v) is 3.45.